The topological polar surface area (TPSA) is 99.4 Å². The zero-order valence-electron chi connectivity index (χ0n) is 20.8. The molecule has 1 aromatic heterocycles. The third-order valence-corrected chi connectivity index (χ3v) is 6.97. The minimum absolute atomic E-state index is 0.0628. The smallest absolute Gasteiger partial charge is 0.251 e. The first-order valence-electron chi connectivity index (χ1n) is 11.9. The van der Waals surface area contributed by atoms with Crippen molar-refractivity contribution in [2.45, 2.75) is 32.9 Å². The van der Waals surface area contributed by atoms with Gasteiger partial charge in [-0.2, -0.15) is 0 Å². The molecule has 0 saturated carbocycles. The highest BCUT2D eigenvalue weighted by Crippen LogP contribution is 2.40. The van der Waals surface area contributed by atoms with Crippen molar-refractivity contribution in [3.8, 4) is 11.1 Å². The van der Waals surface area contributed by atoms with Crippen LogP contribution in [-0.2, 0) is 0 Å². The van der Waals surface area contributed by atoms with E-state index in [2.05, 4.69) is 44.4 Å². The van der Waals surface area contributed by atoms with Crippen molar-refractivity contribution in [1.29, 1.82) is 0 Å². The van der Waals surface area contributed by atoms with Crippen LogP contribution in [0.3, 0.4) is 0 Å². The lowest BCUT2D eigenvalue weighted by Crippen LogP contribution is -2.50. The second kappa shape index (κ2) is 10.9. The molecule has 1 aliphatic rings. The van der Waals surface area contributed by atoms with Crippen LogP contribution in [0.2, 0.25) is 10.2 Å². The maximum Gasteiger partial charge on any atom is 0.251 e. The minimum atomic E-state index is -0.111. The highest BCUT2D eigenvalue weighted by atomic mass is 35.5. The summed E-state index contributed by atoms with van der Waals surface area (Å²) in [6, 6.07) is 11.8. The summed E-state index contributed by atoms with van der Waals surface area (Å²) in [6.07, 6.45) is 1.37. The number of anilines is 4. The van der Waals surface area contributed by atoms with Gasteiger partial charge in [0.1, 0.15) is 12.0 Å². The number of carbonyl (C=O) groups excluding carboxylic acids is 1. The van der Waals surface area contributed by atoms with Gasteiger partial charge >= 0.3 is 0 Å². The molecular formula is C26H31Cl2N7O. The molecule has 3 aromatic rings. The molecule has 8 nitrogen and oxygen atoms in total. The summed E-state index contributed by atoms with van der Waals surface area (Å²) in [4.78, 5) is 25.2. The van der Waals surface area contributed by atoms with E-state index in [1.165, 1.54) is 6.33 Å². The van der Waals surface area contributed by atoms with Gasteiger partial charge in [-0.05, 0) is 57.6 Å². The van der Waals surface area contributed by atoms with Gasteiger partial charge in [-0.3, -0.25) is 4.79 Å². The molecule has 2 heterocycles. The van der Waals surface area contributed by atoms with Gasteiger partial charge in [-0.15, -0.1) is 0 Å². The summed E-state index contributed by atoms with van der Waals surface area (Å²) in [5.74, 6) is 0.313. The van der Waals surface area contributed by atoms with Crippen LogP contribution in [0.25, 0.3) is 11.1 Å². The van der Waals surface area contributed by atoms with Crippen LogP contribution in [0, 0.1) is 0 Å². The average Bonchev–Trinajstić information content (AvgIpc) is 2.84. The third kappa shape index (κ3) is 5.67. The molecule has 10 heteroatoms. The lowest BCUT2D eigenvalue weighted by molar-refractivity contribution is 0.0943. The molecule has 2 aromatic carbocycles. The second-order valence-corrected chi connectivity index (χ2v) is 10.1. The number of nitrogens with zero attached hydrogens (tertiary/aromatic N) is 4. The Morgan fingerprint density at radius 1 is 1.14 bits per heavy atom. The summed E-state index contributed by atoms with van der Waals surface area (Å²) >= 11 is 13.0. The predicted octanol–water partition coefficient (Wildman–Crippen LogP) is 5.05. The molecule has 1 aliphatic heterocycles. The van der Waals surface area contributed by atoms with E-state index in [4.69, 9.17) is 28.9 Å². The van der Waals surface area contributed by atoms with Crippen molar-refractivity contribution >= 4 is 52.0 Å². The molecule has 0 spiro atoms. The summed E-state index contributed by atoms with van der Waals surface area (Å²) in [7, 11) is 2.13. The maximum atomic E-state index is 12.4. The monoisotopic (exact) mass is 527 g/mol. The molecule has 4 N–H and O–H groups in total. The summed E-state index contributed by atoms with van der Waals surface area (Å²) in [5.41, 5.74) is 10.5. The van der Waals surface area contributed by atoms with Gasteiger partial charge in [0.05, 0.1) is 16.4 Å². The van der Waals surface area contributed by atoms with Crippen molar-refractivity contribution in [2.75, 3.05) is 42.6 Å². The number of likely N-dealkylation sites (N-methyl/N-ethyl adjacent to an activating group) is 1. The van der Waals surface area contributed by atoms with Crippen LogP contribution in [0.1, 0.15) is 31.1 Å². The SMILES string of the molecule is CC(C)NC(=O)c1ccc(-c2cc(Nc3ncnc(Cl)c3N)c(N3CCN(C)[C@@H](C)C3)cc2Cl)cc1. The van der Waals surface area contributed by atoms with Crippen molar-refractivity contribution in [1.82, 2.24) is 20.2 Å². The van der Waals surface area contributed by atoms with Crippen molar-refractivity contribution in [2.24, 2.45) is 0 Å². The number of piperazine rings is 1. The van der Waals surface area contributed by atoms with E-state index in [-0.39, 0.29) is 22.8 Å². The lowest BCUT2D eigenvalue weighted by atomic mass is 10.0. The molecule has 0 radical (unpaired) electrons. The fourth-order valence-electron chi connectivity index (χ4n) is 4.16. The Morgan fingerprint density at radius 2 is 1.86 bits per heavy atom. The third-order valence-electron chi connectivity index (χ3n) is 6.35. The van der Waals surface area contributed by atoms with Gasteiger partial charge in [-0.25, -0.2) is 9.97 Å². The standard InChI is InChI=1S/C26H31Cl2N7O/c1-15(2)32-26(36)18-7-5-17(6-8-18)19-11-21(33-25-23(29)24(28)30-14-31-25)22(12-20(19)27)35-10-9-34(4)16(3)13-35/h5-8,11-12,14-16H,9-10,13,29H2,1-4H3,(H,32,36)(H,30,31,33)/t16-/m0/s1. The number of rotatable bonds is 6. The second-order valence-electron chi connectivity index (χ2n) is 9.38. The number of halogens is 2. The van der Waals surface area contributed by atoms with Crippen molar-refractivity contribution in [3.63, 3.8) is 0 Å². The normalized spacial score (nSPS) is 16.3. The van der Waals surface area contributed by atoms with E-state index in [9.17, 15) is 4.79 Å². The van der Waals surface area contributed by atoms with E-state index < -0.39 is 0 Å². The lowest BCUT2D eigenvalue weighted by Gasteiger charge is -2.40. The van der Waals surface area contributed by atoms with Gasteiger partial charge in [0.15, 0.2) is 11.0 Å². The minimum Gasteiger partial charge on any atom is -0.393 e. The fraction of sp³-hybridized carbons (Fsp3) is 0.346. The van der Waals surface area contributed by atoms with Gasteiger partial charge in [-0.1, -0.05) is 35.3 Å². The summed E-state index contributed by atoms with van der Waals surface area (Å²) in [5, 5.41) is 7.06. The Morgan fingerprint density at radius 3 is 2.53 bits per heavy atom. The number of nitrogen functional groups attached to an aromatic ring is 1. The number of amides is 1. The van der Waals surface area contributed by atoms with Gasteiger partial charge in [0, 0.05) is 42.8 Å². The van der Waals surface area contributed by atoms with Crippen molar-refractivity contribution in [3.05, 3.63) is 58.5 Å². The average molecular weight is 528 g/mol. The molecule has 1 saturated heterocycles. The van der Waals surface area contributed by atoms with E-state index in [0.29, 0.717) is 22.4 Å². The van der Waals surface area contributed by atoms with E-state index in [0.717, 1.165) is 42.1 Å². The number of nitrogens with one attached hydrogen (secondary N) is 2. The molecule has 0 unspecified atom stereocenters. The van der Waals surface area contributed by atoms with Crippen LogP contribution in [0.4, 0.5) is 22.9 Å². The molecule has 0 bridgehead atoms. The molecular weight excluding hydrogens is 497 g/mol. The van der Waals surface area contributed by atoms with Gasteiger partial charge in [0.2, 0.25) is 0 Å². The molecule has 190 valence electrons. The van der Waals surface area contributed by atoms with Crippen LogP contribution >= 0.6 is 23.2 Å². The number of aromatic nitrogens is 2. The Labute approximate surface area is 221 Å². The van der Waals surface area contributed by atoms with Crippen LogP contribution in [0.15, 0.2) is 42.7 Å². The van der Waals surface area contributed by atoms with Crippen LogP contribution in [0.5, 0.6) is 0 Å². The quantitative estimate of drug-likeness (QED) is 0.385. The Hall–Kier alpha value is -3.07. The number of benzene rings is 2. The highest BCUT2D eigenvalue weighted by molar-refractivity contribution is 6.34. The molecule has 1 fully saturated rings. The first-order valence-corrected chi connectivity index (χ1v) is 12.6. The molecule has 36 heavy (non-hydrogen) atoms. The largest absolute Gasteiger partial charge is 0.393 e. The number of nitrogens with two attached hydrogens (primary N) is 1. The zero-order valence-corrected chi connectivity index (χ0v) is 22.4. The first-order chi connectivity index (χ1) is 17.1. The van der Waals surface area contributed by atoms with E-state index in [1.54, 1.807) is 12.1 Å². The molecule has 1 atom stereocenters. The molecule has 0 aliphatic carbocycles. The Kier molecular flexibility index (Phi) is 7.88. The van der Waals surface area contributed by atoms with Gasteiger partial charge in [0.25, 0.3) is 5.91 Å². The zero-order chi connectivity index (χ0) is 26.0. The molecule has 1 amide bonds. The number of hydrogen-bond donors (Lipinski definition) is 3. The number of carbonyl (C=O) groups is 1. The molecule has 4 rings (SSSR count). The summed E-state index contributed by atoms with van der Waals surface area (Å²) < 4.78 is 0. The first kappa shape index (κ1) is 26.0. The Balaban J connectivity index is 1.74. The van der Waals surface area contributed by atoms with Crippen LogP contribution in [-0.4, -0.2) is 59.5 Å². The fourth-order valence-corrected chi connectivity index (χ4v) is 4.56. The number of hydrogen-bond acceptors (Lipinski definition) is 7. The van der Waals surface area contributed by atoms with Gasteiger partial charge < -0.3 is 26.2 Å². The van der Waals surface area contributed by atoms with E-state index >= 15 is 0 Å². The Bertz CT molecular complexity index is 1250. The highest BCUT2D eigenvalue weighted by Gasteiger charge is 2.24. The summed E-state index contributed by atoms with van der Waals surface area (Å²) in [6.45, 7) is 8.70. The maximum absolute atomic E-state index is 12.4. The van der Waals surface area contributed by atoms with E-state index in [1.807, 2.05) is 38.1 Å². The van der Waals surface area contributed by atoms with Crippen LogP contribution < -0.4 is 21.3 Å². The van der Waals surface area contributed by atoms with Crippen molar-refractivity contribution < 1.29 is 4.79 Å². The predicted molar refractivity (Wildman–Crippen MR) is 149 cm³/mol.